The fraction of sp³-hybridized carbons (Fsp3) is 0.500. The summed E-state index contributed by atoms with van der Waals surface area (Å²) in [6.07, 6.45) is 0.965. The van der Waals surface area contributed by atoms with Gasteiger partial charge in [0.25, 0.3) is 0 Å². The fourth-order valence-electron chi connectivity index (χ4n) is 0.783. The van der Waals surface area contributed by atoms with E-state index in [4.69, 9.17) is 0 Å². The van der Waals surface area contributed by atoms with E-state index in [1.54, 1.807) is 6.92 Å². The minimum absolute atomic E-state index is 0.192. The topological polar surface area (TPSA) is 69.7 Å². The molecule has 0 atom stereocenters. The first-order valence-electron chi connectivity index (χ1n) is 4.54. The van der Waals surface area contributed by atoms with Gasteiger partial charge in [-0.05, 0) is 26.8 Å². The molecule has 0 aromatic rings. The van der Waals surface area contributed by atoms with Gasteiger partial charge in [-0.3, -0.25) is 9.59 Å². The van der Waals surface area contributed by atoms with Crippen LogP contribution in [0.25, 0.3) is 0 Å². The van der Waals surface area contributed by atoms with E-state index in [-0.39, 0.29) is 24.6 Å². The first-order chi connectivity index (χ1) is 7.01. The minimum atomic E-state index is -0.761. The predicted octanol–water partition coefficient (Wildman–Crippen LogP) is 0.976. The fourth-order valence-corrected chi connectivity index (χ4v) is 0.783. The van der Waals surface area contributed by atoms with Gasteiger partial charge < -0.3 is 9.47 Å². The van der Waals surface area contributed by atoms with Gasteiger partial charge in [0.05, 0.1) is 6.61 Å². The van der Waals surface area contributed by atoms with Gasteiger partial charge in [-0.15, -0.1) is 0 Å². The van der Waals surface area contributed by atoms with E-state index in [2.05, 4.69) is 9.47 Å². The summed E-state index contributed by atoms with van der Waals surface area (Å²) >= 11 is 0. The normalized spacial score (nSPS) is 10.7. The van der Waals surface area contributed by atoms with Crippen molar-refractivity contribution in [3.8, 4) is 0 Å². The summed E-state index contributed by atoms with van der Waals surface area (Å²) in [5.74, 6) is -1.98. The van der Waals surface area contributed by atoms with Gasteiger partial charge in [0.1, 0.15) is 12.2 Å². The number of allylic oxidation sites excluding steroid dienone is 1. The van der Waals surface area contributed by atoms with Crippen molar-refractivity contribution in [3.63, 3.8) is 0 Å². The molecule has 0 aromatic carbocycles. The van der Waals surface area contributed by atoms with E-state index in [0.717, 1.165) is 0 Å². The number of rotatable bonds is 5. The molecule has 5 nitrogen and oxygen atoms in total. The van der Waals surface area contributed by atoms with Crippen LogP contribution in [0.4, 0.5) is 0 Å². The Morgan fingerprint density at radius 3 is 2.27 bits per heavy atom. The van der Waals surface area contributed by atoms with E-state index < -0.39 is 11.9 Å². The maximum atomic E-state index is 11.1. The van der Waals surface area contributed by atoms with Crippen LogP contribution in [0.3, 0.4) is 0 Å². The lowest BCUT2D eigenvalue weighted by Gasteiger charge is -2.06. The van der Waals surface area contributed by atoms with Crippen LogP contribution in [0.2, 0.25) is 0 Å². The number of ether oxygens (including phenoxy) is 2. The lowest BCUT2D eigenvalue weighted by Crippen LogP contribution is -2.16. The zero-order valence-electron chi connectivity index (χ0n) is 9.03. The number of esters is 2. The molecule has 0 saturated carbocycles. The highest BCUT2D eigenvalue weighted by atomic mass is 16.6. The standard InChI is InChI=1S/C10H14O5/c1-4-8(10(13)14-5-2)15-9(12)6-7(3)11/h4H,5-6H2,1-3H3. The first-order valence-corrected chi connectivity index (χ1v) is 4.54. The quantitative estimate of drug-likeness (QED) is 0.295. The van der Waals surface area contributed by atoms with Crippen LogP contribution in [0, 0.1) is 0 Å². The van der Waals surface area contributed by atoms with Crippen LogP contribution in [0.5, 0.6) is 0 Å². The molecule has 0 bridgehead atoms. The molecule has 0 N–H and O–H groups in total. The van der Waals surface area contributed by atoms with Gasteiger partial charge in [0.15, 0.2) is 0 Å². The predicted molar refractivity (Wildman–Crippen MR) is 51.8 cm³/mol. The average molecular weight is 214 g/mol. The van der Waals surface area contributed by atoms with Crippen molar-refractivity contribution in [2.24, 2.45) is 0 Å². The van der Waals surface area contributed by atoms with Gasteiger partial charge in [0, 0.05) is 0 Å². The van der Waals surface area contributed by atoms with E-state index >= 15 is 0 Å². The molecule has 0 aromatic heterocycles. The van der Waals surface area contributed by atoms with Crippen molar-refractivity contribution >= 4 is 17.7 Å². The number of Topliss-reactive ketones (excluding diaryl/α,β-unsaturated/α-hetero) is 1. The van der Waals surface area contributed by atoms with Gasteiger partial charge in [-0.2, -0.15) is 0 Å². The highest BCUT2D eigenvalue weighted by molar-refractivity contribution is 5.97. The van der Waals surface area contributed by atoms with Gasteiger partial charge in [-0.25, -0.2) is 4.79 Å². The molecule has 5 heteroatoms. The summed E-state index contributed by atoms with van der Waals surface area (Å²) < 4.78 is 9.28. The summed E-state index contributed by atoms with van der Waals surface area (Å²) in [4.78, 5) is 32.8. The second-order valence-electron chi connectivity index (χ2n) is 2.73. The van der Waals surface area contributed by atoms with Crippen molar-refractivity contribution in [3.05, 3.63) is 11.8 Å². The smallest absolute Gasteiger partial charge is 0.374 e. The summed E-state index contributed by atoms with van der Waals surface area (Å²) in [7, 11) is 0. The third-order valence-corrected chi connectivity index (χ3v) is 1.36. The first kappa shape index (κ1) is 13.4. The van der Waals surface area contributed by atoms with Crippen molar-refractivity contribution < 1.29 is 23.9 Å². The van der Waals surface area contributed by atoms with Gasteiger partial charge in [0.2, 0.25) is 5.76 Å². The van der Waals surface area contributed by atoms with E-state index in [1.165, 1.54) is 19.9 Å². The molecule has 0 spiro atoms. The van der Waals surface area contributed by atoms with Crippen molar-refractivity contribution in [2.75, 3.05) is 6.61 Å². The average Bonchev–Trinajstić information content (AvgIpc) is 2.13. The van der Waals surface area contributed by atoms with Crippen LogP contribution in [-0.4, -0.2) is 24.3 Å². The molecular formula is C10H14O5. The van der Waals surface area contributed by atoms with Crippen molar-refractivity contribution in [1.82, 2.24) is 0 Å². The molecule has 0 radical (unpaired) electrons. The van der Waals surface area contributed by atoms with Crippen LogP contribution in [0.1, 0.15) is 27.2 Å². The highest BCUT2D eigenvalue weighted by Crippen LogP contribution is 2.03. The SMILES string of the molecule is CC=C(OC(=O)CC(C)=O)C(=O)OCC. The van der Waals surface area contributed by atoms with Gasteiger partial charge in [-0.1, -0.05) is 0 Å². The number of hydrogen-bond acceptors (Lipinski definition) is 5. The van der Waals surface area contributed by atoms with Crippen LogP contribution < -0.4 is 0 Å². The third-order valence-electron chi connectivity index (χ3n) is 1.36. The maximum absolute atomic E-state index is 11.1. The molecule has 0 aliphatic carbocycles. The Bertz CT molecular complexity index is 290. The molecule has 0 fully saturated rings. The largest absolute Gasteiger partial charge is 0.460 e. The third kappa shape index (κ3) is 5.61. The molecule has 0 heterocycles. The summed E-state index contributed by atoms with van der Waals surface area (Å²) in [6, 6.07) is 0. The molecule has 0 unspecified atom stereocenters. The Morgan fingerprint density at radius 2 is 1.87 bits per heavy atom. The highest BCUT2D eigenvalue weighted by Gasteiger charge is 2.16. The molecule has 15 heavy (non-hydrogen) atoms. The van der Waals surface area contributed by atoms with Crippen LogP contribution >= 0.6 is 0 Å². The summed E-state index contributed by atoms with van der Waals surface area (Å²) in [5.41, 5.74) is 0. The lowest BCUT2D eigenvalue weighted by molar-refractivity contribution is -0.152. The minimum Gasteiger partial charge on any atom is -0.460 e. The molecule has 0 rings (SSSR count). The van der Waals surface area contributed by atoms with E-state index in [0.29, 0.717) is 0 Å². The van der Waals surface area contributed by atoms with Gasteiger partial charge >= 0.3 is 11.9 Å². The molecule has 84 valence electrons. The van der Waals surface area contributed by atoms with E-state index in [1.807, 2.05) is 0 Å². The van der Waals surface area contributed by atoms with Crippen LogP contribution in [0.15, 0.2) is 11.8 Å². The molecule has 0 aliphatic rings. The Hall–Kier alpha value is -1.65. The number of ketones is 1. The maximum Gasteiger partial charge on any atom is 0.374 e. The summed E-state index contributed by atoms with van der Waals surface area (Å²) in [5, 5.41) is 0. The van der Waals surface area contributed by atoms with Crippen molar-refractivity contribution in [1.29, 1.82) is 0 Å². The zero-order valence-corrected chi connectivity index (χ0v) is 9.03. The number of hydrogen-bond donors (Lipinski definition) is 0. The monoisotopic (exact) mass is 214 g/mol. The second kappa shape index (κ2) is 6.75. The number of carbonyl (C=O) groups excluding carboxylic acids is 3. The molecule has 0 aliphatic heterocycles. The Kier molecular flexibility index (Phi) is 6.01. The van der Waals surface area contributed by atoms with Crippen LogP contribution in [-0.2, 0) is 23.9 Å². The second-order valence-corrected chi connectivity index (χ2v) is 2.73. The lowest BCUT2D eigenvalue weighted by atomic mass is 10.3. The number of carbonyl (C=O) groups is 3. The van der Waals surface area contributed by atoms with E-state index in [9.17, 15) is 14.4 Å². The van der Waals surface area contributed by atoms with Crippen molar-refractivity contribution in [2.45, 2.75) is 27.2 Å². The Morgan fingerprint density at radius 1 is 1.27 bits per heavy atom. The zero-order chi connectivity index (χ0) is 11.8. The molecule has 0 saturated heterocycles. The molecule has 0 amide bonds. The Labute approximate surface area is 88.0 Å². The molecular weight excluding hydrogens is 200 g/mol. The Balaban J connectivity index is 4.29. The summed E-state index contributed by atoms with van der Waals surface area (Å²) in [6.45, 7) is 4.64.